The van der Waals surface area contributed by atoms with Crippen LogP contribution in [0.5, 0.6) is 0 Å². The lowest BCUT2D eigenvalue weighted by Gasteiger charge is -2.21. The topological polar surface area (TPSA) is 79.4 Å². The second-order valence-electron chi connectivity index (χ2n) is 5.46. The van der Waals surface area contributed by atoms with Crippen molar-refractivity contribution in [1.29, 1.82) is 0 Å². The third-order valence-corrected chi connectivity index (χ3v) is 5.55. The van der Waals surface area contributed by atoms with Gasteiger partial charge in [-0.1, -0.05) is 0 Å². The van der Waals surface area contributed by atoms with Crippen molar-refractivity contribution in [2.45, 2.75) is 24.8 Å². The van der Waals surface area contributed by atoms with Gasteiger partial charge in [0, 0.05) is 25.0 Å². The molecule has 0 fully saturated rings. The van der Waals surface area contributed by atoms with Gasteiger partial charge in [0.25, 0.3) is 5.91 Å². The SMILES string of the molecule is CC(C)N(C)S(=O)(=O)c1ccc(NC(=O)c2ccc(F)nc2)cc1. The summed E-state index contributed by atoms with van der Waals surface area (Å²) in [4.78, 5) is 15.6. The van der Waals surface area contributed by atoms with E-state index >= 15 is 0 Å². The minimum absolute atomic E-state index is 0.139. The highest BCUT2D eigenvalue weighted by atomic mass is 32.2. The summed E-state index contributed by atoms with van der Waals surface area (Å²) >= 11 is 0. The zero-order valence-electron chi connectivity index (χ0n) is 13.5. The van der Waals surface area contributed by atoms with E-state index in [1.165, 1.54) is 41.7 Å². The number of amides is 1. The van der Waals surface area contributed by atoms with Crippen LogP contribution in [0.15, 0.2) is 47.5 Å². The molecule has 0 atom stereocenters. The van der Waals surface area contributed by atoms with Crippen molar-refractivity contribution in [3.8, 4) is 0 Å². The van der Waals surface area contributed by atoms with E-state index in [2.05, 4.69) is 10.3 Å². The predicted molar refractivity (Wildman–Crippen MR) is 88.7 cm³/mol. The molecule has 6 nitrogen and oxygen atoms in total. The van der Waals surface area contributed by atoms with Gasteiger partial charge < -0.3 is 5.32 Å². The first-order chi connectivity index (χ1) is 11.2. The third-order valence-electron chi connectivity index (χ3n) is 3.51. The summed E-state index contributed by atoms with van der Waals surface area (Å²) in [5, 5.41) is 2.60. The number of anilines is 1. The van der Waals surface area contributed by atoms with E-state index < -0.39 is 21.9 Å². The highest BCUT2D eigenvalue weighted by molar-refractivity contribution is 7.89. The summed E-state index contributed by atoms with van der Waals surface area (Å²) in [6.07, 6.45) is 1.13. The van der Waals surface area contributed by atoms with Crippen LogP contribution >= 0.6 is 0 Å². The average molecular weight is 351 g/mol. The quantitative estimate of drug-likeness (QED) is 0.840. The summed E-state index contributed by atoms with van der Waals surface area (Å²) in [5.74, 6) is -1.13. The summed E-state index contributed by atoms with van der Waals surface area (Å²) in [6.45, 7) is 3.56. The monoisotopic (exact) mass is 351 g/mol. The van der Waals surface area contributed by atoms with Gasteiger partial charge in [-0.05, 0) is 50.2 Å². The Balaban J connectivity index is 2.15. The largest absolute Gasteiger partial charge is 0.322 e. The number of benzene rings is 1. The zero-order chi connectivity index (χ0) is 17.9. The van der Waals surface area contributed by atoms with Gasteiger partial charge in [-0.3, -0.25) is 4.79 Å². The fraction of sp³-hybridized carbons (Fsp3) is 0.250. The van der Waals surface area contributed by atoms with E-state index in [4.69, 9.17) is 0 Å². The van der Waals surface area contributed by atoms with Crippen LogP contribution in [-0.4, -0.2) is 36.7 Å². The molecule has 1 N–H and O–H groups in total. The fourth-order valence-electron chi connectivity index (χ4n) is 1.87. The molecule has 1 aromatic carbocycles. The van der Waals surface area contributed by atoms with Crippen molar-refractivity contribution >= 4 is 21.6 Å². The highest BCUT2D eigenvalue weighted by Crippen LogP contribution is 2.19. The number of carbonyl (C=O) groups is 1. The number of rotatable bonds is 5. The highest BCUT2D eigenvalue weighted by Gasteiger charge is 2.22. The number of nitrogens with zero attached hydrogens (tertiary/aromatic N) is 2. The molecule has 2 aromatic rings. The van der Waals surface area contributed by atoms with Gasteiger partial charge in [0.05, 0.1) is 10.5 Å². The Morgan fingerprint density at radius 3 is 2.29 bits per heavy atom. The van der Waals surface area contributed by atoms with E-state index in [0.29, 0.717) is 5.69 Å². The molecule has 0 aliphatic rings. The molecule has 8 heteroatoms. The van der Waals surface area contributed by atoms with Crippen molar-refractivity contribution in [3.05, 3.63) is 54.1 Å². The minimum Gasteiger partial charge on any atom is -0.322 e. The number of aromatic nitrogens is 1. The first-order valence-electron chi connectivity index (χ1n) is 7.23. The van der Waals surface area contributed by atoms with Gasteiger partial charge in [-0.2, -0.15) is 8.70 Å². The molecule has 2 rings (SSSR count). The van der Waals surface area contributed by atoms with Crippen molar-refractivity contribution < 1.29 is 17.6 Å². The molecule has 0 bridgehead atoms. The second-order valence-corrected chi connectivity index (χ2v) is 7.46. The first kappa shape index (κ1) is 18.0. The van der Waals surface area contributed by atoms with Crippen molar-refractivity contribution in [1.82, 2.24) is 9.29 Å². The smallest absolute Gasteiger partial charge is 0.257 e. The van der Waals surface area contributed by atoms with Crippen molar-refractivity contribution in [3.63, 3.8) is 0 Å². The Kier molecular flexibility index (Phi) is 5.30. The van der Waals surface area contributed by atoms with Crippen LogP contribution in [0.25, 0.3) is 0 Å². The zero-order valence-corrected chi connectivity index (χ0v) is 14.3. The molecule has 1 aromatic heterocycles. The van der Waals surface area contributed by atoms with Crippen LogP contribution in [0.2, 0.25) is 0 Å². The van der Waals surface area contributed by atoms with Crippen molar-refractivity contribution in [2.75, 3.05) is 12.4 Å². The van der Waals surface area contributed by atoms with Gasteiger partial charge in [-0.15, -0.1) is 0 Å². The van der Waals surface area contributed by atoms with E-state index in [9.17, 15) is 17.6 Å². The van der Waals surface area contributed by atoms with Gasteiger partial charge in [0.2, 0.25) is 16.0 Å². The molecule has 0 aliphatic carbocycles. The lowest BCUT2D eigenvalue weighted by Crippen LogP contribution is -2.33. The molecule has 24 heavy (non-hydrogen) atoms. The van der Waals surface area contributed by atoms with E-state index in [1.807, 2.05) is 0 Å². The molecule has 0 saturated carbocycles. The van der Waals surface area contributed by atoms with Crippen LogP contribution in [0.1, 0.15) is 24.2 Å². The Morgan fingerprint density at radius 2 is 1.79 bits per heavy atom. The van der Waals surface area contributed by atoms with E-state index in [1.54, 1.807) is 13.8 Å². The van der Waals surface area contributed by atoms with Crippen LogP contribution in [0.3, 0.4) is 0 Å². The Morgan fingerprint density at radius 1 is 1.17 bits per heavy atom. The van der Waals surface area contributed by atoms with Gasteiger partial charge in [-0.25, -0.2) is 13.4 Å². The first-order valence-corrected chi connectivity index (χ1v) is 8.67. The van der Waals surface area contributed by atoms with Gasteiger partial charge in [0.1, 0.15) is 0 Å². The second kappa shape index (κ2) is 7.06. The number of hydrogen-bond donors (Lipinski definition) is 1. The molecule has 0 aliphatic heterocycles. The van der Waals surface area contributed by atoms with Crippen LogP contribution in [-0.2, 0) is 10.0 Å². The maximum atomic E-state index is 12.8. The Labute approximate surface area is 140 Å². The molecule has 128 valence electrons. The minimum atomic E-state index is -3.57. The summed E-state index contributed by atoms with van der Waals surface area (Å²) in [6, 6.07) is 8.08. The summed E-state index contributed by atoms with van der Waals surface area (Å²) in [5.41, 5.74) is 0.628. The van der Waals surface area contributed by atoms with Gasteiger partial charge >= 0.3 is 0 Å². The number of pyridine rings is 1. The number of halogens is 1. The molecule has 0 radical (unpaired) electrons. The fourth-order valence-corrected chi connectivity index (χ4v) is 3.24. The van der Waals surface area contributed by atoms with Crippen molar-refractivity contribution in [2.24, 2.45) is 0 Å². The molecular formula is C16H18FN3O3S. The summed E-state index contributed by atoms with van der Waals surface area (Å²) in [7, 11) is -2.06. The number of sulfonamides is 1. The molecule has 1 amide bonds. The van der Waals surface area contributed by atoms with Crippen LogP contribution in [0, 0.1) is 5.95 Å². The molecule has 0 saturated heterocycles. The number of hydrogen-bond acceptors (Lipinski definition) is 4. The molecule has 1 heterocycles. The number of carbonyl (C=O) groups excluding carboxylic acids is 1. The molecule has 0 unspecified atom stereocenters. The van der Waals surface area contributed by atoms with Crippen LogP contribution < -0.4 is 5.32 Å². The van der Waals surface area contributed by atoms with E-state index in [-0.39, 0.29) is 16.5 Å². The standard InChI is InChI=1S/C16H18FN3O3S/c1-11(2)20(3)24(22,23)14-7-5-13(6-8-14)19-16(21)12-4-9-15(17)18-10-12/h4-11H,1-3H3,(H,19,21). The maximum Gasteiger partial charge on any atom is 0.257 e. The maximum absolute atomic E-state index is 12.8. The Bertz CT molecular complexity index is 819. The summed E-state index contributed by atoms with van der Waals surface area (Å²) < 4.78 is 38.7. The molecular weight excluding hydrogens is 333 g/mol. The van der Waals surface area contributed by atoms with Crippen LogP contribution in [0.4, 0.5) is 10.1 Å². The third kappa shape index (κ3) is 3.95. The lowest BCUT2D eigenvalue weighted by molar-refractivity contribution is 0.102. The Hall–Kier alpha value is -2.32. The average Bonchev–Trinajstić information content (AvgIpc) is 2.55. The van der Waals surface area contributed by atoms with E-state index in [0.717, 1.165) is 12.3 Å². The number of nitrogens with one attached hydrogen (secondary N) is 1. The normalized spacial score (nSPS) is 11.8. The van der Waals surface area contributed by atoms with Gasteiger partial charge in [0.15, 0.2) is 0 Å². The lowest BCUT2D eigenvalue weighted by atomic mass is 10.2. The predicted octanol–water partition coefficient (Wildman–Crippen LogP) is 2.50. The molecule has 0 spiro atoms.